The molecular formula is C16H13N3OS. The molecule has 2 aromatic carbocycles. The van der Waals surface area contributed by atoms with Gasteiger partial charge in [0.2, 0.25) is 0 Å². The Morgan fingerprint density at radius 1 is 0.857 bits per heavy atom. The summed E-state index contributed by atoms with van der Waals surface area (Å²) in [6, 6.07) is 19.1. The number of aromatic nitrogens is 2. The number of anilines is 2. The molecule has 4 nitrogen and oxygen atoms in total. The maximum absolute atomic E-state index is 12.3. The maximum Gasteiger partial charge on any atom is 0.261 e. The van der Waals surface area contributed by atoms with Crippen LogP contribution < -0.4 is 10.9 Å². The average molecular weight is 295 g/mol. The third-order valence-electron chi connectivity index (χ3n) is 3.05. The lowest BCUT2D eigenvalue weighted by atomic mass is 10.1. The molecule has 1 heterocycles. The average Bonchev–Trinajstić information content (AvgIpc) is 2.48. The van der Waals surface area contributed by atoms with Crippen LogP contribution in [0.15, 0.2) is 65.5 Å². The molecule has 0 amide bonds. The van der Waals surface area contributed by atoms with Gasteiger partial charge in [-0.25, -0.2) is 0 Å². The Labute approximate surface area is 126 Å². The number of hydrogen-bond donors (Lipinski definition) is 3. The molecule has 104 valence electrons. The third-order valence-corrected chi connectivity index (χ3v) is 3.25. The summed E-state index contributed by atoms with van der Waals surface area (Å²) < 4.78 is 0.290. The summed E-state index contributed by atoms with van der Waals surface area (Å²) in [6.07, 6.45) is 0. The Kier molecular flexibility index (Phi) is 3.66. The van der Waals surface area contributed by atoms with Crippen molar-refractivity contribution in [1.29, 1.82) is 0 Å². The molecule has 1 aromatic heterocycles. The van der Waals surface area contributed by atoms with Crippen LogP contribution in [0.3, 0.4) is 0 Å². The molecule has 0 aliphatic carbocycles. The van der Waals surface area contributed by atoms with Gasteiger partial charge in [-0.2, -0.15) is 0 Å². The highest BCUT2D eigenvalue weighted by atomic mass is 32.1. The summed E-state index contributed by atoms with van der Waals surface area (Å²) in [6.45, 7) is 0. The normalized spacial score (nSPS) is 10.3. The monoisotopic (exact) mass is 295 g/mol. The molecule has 21 heavy (non-hydrogen) atoms. The van der Waals surface area contributed by atoms with E-state index in [1.807, 2.05) is 60.7 Å². The van der Waals surface area contributed by atoms with Crippen LogP contribution in [-0.2, 0) is 0 Å². The van der Waals surface area contributed by atoms with Crippen molar-refractivity contribution in [3.8, 4) is 11.1 Å². The van der Waals surface area contributed by atoms with Gasteiger partial charge in [0.1, 0.15) is 5.82 Å². The van der Waals surface area contributed by atoms with Crippen LogP contribution in [0, 0.1) is 4.77 Å². The lowest BCUT2D eigenvalue weighted by Gasteiger charge is -2.11. The number of rotatable bonds is 3. The first-order valence-corrected chi connectivity index (χ1v) is 6.89. The first-order valence-electron chi connectivity index (χ1n) is 6.48. The highest BCUT2D eigenvalue weighted by Gasteiger charge is 2.10. The highest BCUT2D eigenvalue weighted by molar-refractivity contribution is 7.71. The van der Waals surface area contributed by atoms with Crippen LogP contribution in [0.1, 0.15) is 0 Å². The fourth-order valence-electron chi connectivity index (χ4n) is 2.13. The van der Waals surface area contributed by atoms with E-state index in [2.05, 4.69) is 15.3 Å². The van der Waals surface area contributed by atoms with Crippen LogP contribution in [0.4, 0.5) is 11.5 Å². The summed E-state index contributed by atoms with van der Waals surface area (Å²) in [5.74, 6) is 0.584. The molecular weight excluding hydrogens is 282 g/mol. The minimum Gasteiger partial charge on any atom is -0.341 e. The predicted molar refractivity (Wildman–Crippen MR) is 87.4 cm³/mol. The van der Waals surface area contributed by atoms with Gasteiger partial charge in [0.05, 0.1) is 5.56 Å². The number of aromatic amines is 2. The van der Waals surface area contributed by atoms with Crippen molar-refractivity contribution < 1.29 is 0 Å². The van der Waals surface area contributed by atoms with E-state index in [0.29, 0.717) is 11.4 Å². The fourth-order valence-corrected chi connectivity index (χ4v) is 2.32. The van der Waals surface area contributed by atoms with Gasteiger partial charge in [-0.05, 0) is 29.9 Å². The number of hydrogen-bond acceptors (Lipinski definition) is 3. The van der Waals surface area contributed by atoms with Crippen molar-refractivity contribution in [2.75, 3.05) is 5.32 Å². The van der Waals surface area contributed by atoms with E-state index in [-0.39, 0.29) is 10.3 Å². The predicted octanol–water partition coefficient (Wildman–Crippen LogP) is 3.84. The van der Waals surface area contributed by atoms with Gasteiger partial charge in [-0.3, -0.25) is 9.78 Å². The molecule has 3 N–H and O–H groups in total. The van der Waals surface area contributed by atoms with Gasteiger partial charge >= 0.3 is 0 Å². The van der Waals surface area contributed by atoms with Crippen molar-refractivity contribution in [1.82, 2.24) is 9.97 Å². The molecule has 0 saturated carbocycles. The molecule has 0 bridgehead atoms. The lowest BCUT2D eigenvalue weighted by Crippen LogP contribution is -2.13. The van der Waals surface area contributed by atoms with Crippen molar-refractivity contribution in [2.45, 2.75) is 0 Å². The summed E-state index contributed by atoms with van der Waals surface area (Å²) >= 11 is 5.06. The van der Waals surface area contributed by atoms with E-state index < -0.39 is 0 Å². The first kappa shape index (κ1) is 13.3. The van der Waals surface area contributed by atoms with Crippen LogP contribution >= 0.6 is 12.2 Å². The van der Waals surface area contributed by atoms with E-state index in [4.69, 9.17) is 12.2 Å². The zero-order valence-corrected chi connectivity index (χ0v) is 11.9. The van der Waals surface area contributed by atoms with Crippen LogP contribution in [0.25, 0.3) is 11.1 Å². The zero-order valence-electron chi connectivity index (χ0n) is 11.1. The van der Waals surface area contributed by atoms with Crippen molar-refractivity contribution in [3.05, 3.63) is 75.8 Å². The largest absolute Gasteiger partial charge is 0.341 e. The van der Waals surface area contributed by atoms with Gasteiger partial charge in [-0.15, -0.1) is 0 Å². The van der Waals surface area contributed by atoms with Gasteiger partial charge in [0.25, 0.3) is 5.56 Å². The van der Waals surface area contributed by atoms with E-state index in [1.54, 1.807) is 0 Å². The van der Waals surface area contributed by atoms with E-state index in [0.717, 1.165) is 11.3 Å². The van der Waals surface area contributed by atoms with Crippen LogP contribution in [0.2, 0.25) is 0 Å². The second kappa shape index (κ2) is 5.76. The Bertz CT molecular complexity index is 854. The van der Waals surface area contributed by atoms with Crippen LogP contribution in [-0.4, -0.2) is 9.97 Å². The molecule has 0 radical (unpaired) electrons. The Balaban J connectivity index is 2.16. The molecule has 0 aliphatic heterocycles. The van der Waals surface area contributed by atoms with Crippen LogP contribution in [0.5, 0.6) is 0 Å². The smallest absolute Gasteiger partial charge is 0.261 e. The second-order valence-corrected chi connectivity index (χ2v) is 4.92. The molecule has 0 saturated heterocycles. The number of para-hydroxylation sites is 1. The van der Waals surface area contributed by atoms with E-state index in [1.165, 1.54) is 0 Å². The summed E-state index contributed by atoms with van der Waals surface area (Å²) in [5.41, 5.74) is 2.02. The molecule has 0 aliphatic rings. The SMILES string of the molecule is O=c1[nH]c(=S)[nH]c(Nc2ccccc2)c1-c1ccccc1. The topological polar surface area (TPSA) is 60.7 Å². The highest BCUT2D eigenvalue weighted by Crippen LogP contribution is 2.24. The first-order chi connectivity index (χ1) is 10.2. The molecule has 0 spiro atoms. The molecule has 3 aromatic rings. The van der Waals surface area contributed by atoms with Gasteiger partial charge in [0, 0.05) is 5.69 Å². The third kappa shape index (κ3) is 2.93. The lowest BCUT2D eigenvalue weighted by molar-refractivity contribution is 1.09. The molecule has 0 fully saturated rings. The number of H-pyrrole nitrogens is 2. The minimum absolute atomic E-state index is 0.219. The zero-order chi connectivity index (χ0) is 14.7. The van der Waals surface area contributed by atoms with Crippen molar-refractivity contribution >= 4 is 23.7 Å². The molecule has 0 unspecified atom stereocenters. The van der Waals surface area contributed by atoms with Crippen molar-refractivity contribution in [3.63, 3.8) is 0 Å². The molecule has 3 rings (SSSR count). The summed E-state index contributed by atoms with van der Waals surface area (Å²) in [4.78, 5) is 17.9. The Morgan fingerprint density at radius 3 is 2.14 bits per heavy atom. The van der Waals surface area contributed by atoms with Gasteiger partial charge in [0.15, 0.2) is 4.77 Å². The quantitative estimate of drug-likeness (QED) is 0.643. The number of nitrogens with one attached hydrogen (secondary N) is 3. The Morgan fingerprint density at radius 2 is 1.48 bits per heavy atom. The summed E-state index contributed by atoms with van der Waals surface area (Å²) in [5, 5.41) is 3.21. The standard InChI is InChI=1S/C16H13N3OS/c20-15-13(11-7-3-1-4-8-11)14(18-16(21)19-15)17-12-9-5-2-6-10-12/h1-10H,(H3,17,18,19,20,21). The number of benzene rings is 2. The molecule has 5 heteroatoms. The minimum atomic E-state index is -0.219. The van der Waals surface area contributed by atoms with E-state index >= 15 is 0 Å². The van der Waals surface area contributed by atoms with Gasteiger partial charge in [-0.1, -0.05) is 48.5 Å². The fraction of sp³-hybridized carbons (Fsp3) is 0. The maximum atomic E-state index is 12.3. The van der Waals surface area contributed by atoms with E-state index in [9.17, 15) is 4.79 Å². The molecule has 0 atom stereocenters. The summed E-state index contributed by atoms with van der Waals surface area (Å²) in [7, 11) is 0. The van der Waals surface area contributed by atoms with Crippen molar-refractivity contribution in [2.24, 2.45) is 0 Å². The Hall–Kier alpha value is -2.66. The van der Waals surface area contributed by atoms with Gasteiger partial charge < -0.3 is 10.3 Å². The second-order valence-electron chi connectivity index (χ2n) is 4.52.